The van der Waals surface area contributed by atoms with E-state index in [1.165, 1.54) is 34.1 Å². The van der Waals surface area contributed by atoms with Crippen LogP contribution in [0, 0.1) is 0 Å². The Morgan fingerprint density at radius 1 is 0.643 bits per heavy atom. The van der Waals surface area contributed by atoms with Crippen LogP contribution in [0.25, 0.3) is 0 Å². The SMILES string of the molecule is CC[C@@H](C)N(C(=O)Nc1cccc(C(F)(F)F)c1)c1ccc(N(C(=O)Nc2cccc(C(F)(F)F)c2)[C@@H](C)CC)cc1. The molecule has 4 amide bonds. The van der Waals surface area contributed by atoms with Crippen LogP contribution in [-0.2, 0) is 12.4 Å². The van der Waals surface area contributed by atoms with Gasteiger partial charge >= 0.3 is 24.4 Å². The van der Waals surface area contributed by atoms with Gasteiger partial charge in [0.1, 0.15) is 0 Å². The van der Waals surface area contributed by atoms with Gasteiger partial charge in [0.2, 0.25) is 0 Å². The molecule has 0 aliphatic rings. The van der Waals surface area contributed by atoms with Gasteiger partial charge in [-0.2, -0.15) is 26.3 Å². The van der Waals surface area contributed by atoms with Crippen LogP contribution in [0.2, 0.25) is 0 Å². The molecule has 0 bridgehead atoms. The average Bonchev–Trinajstić information content (AvgIpc) is 2.93. The van der Waals surface area contributed by atoms with Crippen molar-refractivity contribution in [1.29, 1.82) is 0 Å². The molecule has 2 N–H and O–H groups in total. The Morgan fingerprint density at radius 2 is 0.976 bits per heavy atom. The molecule has 0 unspecified atom stereocenters. The van der Waals surface area contributed by atoms with Gasteiger partial charge in [0.25, 0.3) is 0 Å². The number of hydrogen-bond donors (Lipinski definition) is 2. The zero-order chi connectivity index (χ0) is 31.2. The third kappa shape index (κ3) is 7.95. The van der Waals surface area contributed by atoms with Crippen molar-refractivity contribution in [1.82, 2.24) is 0 Å². The maximum Gasteiger partial charge on any atom is 0.416 e. The molecule has 0 fully saturated rings. The smallest absolute Gasteiger partial charge is 0.308 e. The number of alkyl halides is 6. The van der Waals surface area contributed by atoms with Gasteiger partial charge in [-0.15, -0.1) is 0 Å². The molecular weight excluding hydrogens is 562 g/mol. The highest BCUT2D eigenvalue weighted by Gasteiger charge is 2.32. The van der Waals surface area contributed by atoms with Crippen LogP contribution >= 0.6 is 0 Å². The molecule has 0 aromatic heterocycles. The lowest BCUT2D eigenvalue weighted by Crippen LogP contribution is -2.42. The van der Waals surface area contributed by atoms with Crippen LogP contribution in [0.5, 0.6) is 0 Å². The van der Waals surface area contributed by atoms with E-state index in [9.17, 15) is 35.9 Å². The molecular formula is C30H32F6N4O2. The second-order valence-corrected chi connectivity index (χ2v) is 9.79. The first-order valence-corrected chi connectivity index (χ1v) is 13.3. The number of amides is 4. The summed E-state index contributed by atoms with van der Waals surface area (Å²) in [5, 5.41) is 5.05. The summed E-state index contributed by atoms with van der Waals surface area (Å²) in [5.74, 6) is 0. The van der Waals surface area contributed by atoms with Crippen LogP contribution in [0.1, 0.15) is 51.7 Å². The first-order valence-electron chi connectivity index (χ1n) is 13.3. The van der Waals surface area contributed by atoms with Crippen molar-refractivity contribution in [3.63, 3.8) is 0 Å². The lowest BCUT2D eigenvalue weighted by molar-refractivity contribution is -0.138. The quantitative estimate of drug-likeness (QED) is 0.255. The third-order valence-corrected chi connectivity index (χ3v) is 6.79. The van der Waals surface area contributed by atoms with Gasteiger partial charge in [0.05, 0.1) is 11.1 Å². The van der Waals surface area contributed by atoms with E-state index < -0.39 is 35.5 Å². The van der Waals surface area contributed by atoms with Crippen LogP contribution in [-0.4, -0.2) is 24.1 Å². The minimum Gasteiger partial charge on any atom is -0.308 e. The first kappa shape index (κ1) is 32.3. The molecule has 12 heteroatoms. The predicted octanol–water partition coefficient (Wildman–Crippen LogP) is 9.40. The van der Waals surface area contributed by atoms with Crippen molar-refractivity contribution in [2.24, 2.45) is 0 Å². The van der Waals surface area contributed by atoms with E-state index >= 15 is 0 Å². The molecule has 226 valence electrons. The van der Waals surface area contributed by atoms with Crippen LogP contribution in [0.15, 0.2) is 72.8 Å². The number of carbonyl (C=O) groups is 2. The molecule has 42 heavy (non-hydrogen) atoms. The number of urea groups is 2. The van der Waals surface area contributed by atoms with Crippen molar-refractivity contribution >= 4 is 34.8 Å². The predicted molar refractivity (Wildman–Crippen MR) is 152 cm³/mol. The van der Waals surface area contributed by atoms with E-state index in [1.54, 1.807) is 38.1 Å². The van der Waals surface area contributed by atoms with Crippen molar-refractivity contribution in [2.45, 2.75) is 65.0 Å². The summed E-state index contributed by atoms with van der Waals surface area (Å²) in [6.07, 6.45) is -8.06. The molecule has 0 saturated carbocycles. The molecule has 0 radical (unpaired) electrons. The minimum absolute atomic E-state index is 0.0195. The largest absolute Gasteiger partial charge is 0.416 e. The van der Waals surface area contributed by atoms with E-state index in [0.29, 0.717) is 24.2 Å². The zero-order valence-electron chi connectivity index (χ0n) is 23.5. The Morgan fingerprint density at radius 3 is 1.26 bits per heavy atom. The molecule has 0 spiro atoms. The minimum atomic E-state index is -4.57. The fraction of sp³-hybridized carbons (Fsp3) is 0.333. The highest BCUT2D eigenvalue weighted by molar-refractivity contribution is 6.04. The van der Waals surface area contributed by atoms with Crippen molar-refractivity contribution in [3.05, 3.63) is 83.9 Å². The van der Waals surface area contributed by atoms with E-state index in [0.717, 1.165) is 24.3 Å². The van der Waals surface area contributed by atoms with Crippen LogP contribution in [0.3, 0.4) is 0 Å². The number of anilines is 4. The summed E-state index contributed by atoms with van der Waals surface area (Å²) < 4.78 is 78.8. The Bertz CT molecular complexity index is 1270. The molecule has 2 atom stereocenters. The summed E-state index contributed by atoms with van der Waals surface area (Å²) in [5.41, 5.74) is -0.968. The fourth-order valence-corrected chi connectivity index (χ4v) is 4.20. The Labute approximate surface area is 240 Å². The average molecular weight is 595 g/mol. The van der Waals surface area contributed by atoms with Gasteiger partial charge in [-0.3, -0.25) is 9.80 Å². The van der Waals surface area contributed by atoms with E-state index in [1.807, 2.05) is 13.8 Å². The third-order valence-electron chi connectivity index (χ3n) is 6.79. The number of benzene rings is 3. The van der Waals surface area contributed by atoms with Crippen LogP contribution in [0.4, 0.5) is 58.7 Å². The van der Waals surface area contributed by atoms with Crippen molar-refractivity contribution in [3.8, 4) is 0 Å². The molecule has 3 rings (SSSR count). The Balaban J connectivity index is 1.87. The molecule has 3 aromatic carbocycles. The summed E-state index contributed by atoms with van der Waals surface area (Å²) in [4.78, 5) is 29.3. The molecule has 0 aliphatic heterocycles. The molecule has 6 nitrogen and oxygen atoms in total. The van der Waals surface area contributed by atoms with Gasteiger partial charge in [-0.1, -0.05) is 26.0 Å². The lowest BCUT2D eigenvalue weighted by Gasteiger charge is -2.31. The van der Waals surface area contributed by atoms with Gasteiger partial charge < -0.3 is 10.6 Å². The second kappa shape index (κ2) is 13.2. The molecule has 0 saturated heterocycles. The molecule has 0 aliphatic carbocycles. The highest BCUT2D eigenvalue weighted by Crippen LogP contribution is 2.33. The maximum atomic E-state index is 13.2. The normalized spacial score (nSPS) is 13.2. The van der Waals surface area contributed by atoms with Gasteiger partial charge in [0.15, 0.2) is 0 Å². The highest BCUT2D eigenvalue weighted by atomic mass is 19.4. The number of rotatable bonds is 8. The monoisotopic (exact) mass is 594 g/mol. The van der Waals surface area contributed by atoms with Crippen molar-refractivity contribution in [2.75, 3.05) is 20.4 Å². The van der Waals surface area contributed by atoms with Crippen LogP contribution < -0.4 is 20.4 Å². The summed E-state index contributed by atoms with van der Waals surface area (Å²) in [6, 6.07) is 13.1. The number of halogens is 6. The zero-order valence-corrected chi connectivity index (χ0v) is 23.5. The van der Waals surface area contributed by atoms with Gasteiger partial charge in [-0.25, -0.2) is 9.59 Å². The second-order valence-electron chi connectivity index (χ2n) is 9.79. The number of hydrogen-bond acceptors (Lipinski definition) is 2. The summed E-state index contributed by atoms with van der Waals surface area (Å²) >= 11 is 0. The van der Waals surface area contributed by atoms with E-state index in [2.05, 4.69) is 10.6 Å². The standard InChI is InChI=1S/C30H32F6N4O2/c1-5-19(3)39(27(41)37-23-11-7-9-21(17-23)29(31,32)33)25-13-15-26(16-14-25)40(20(4)6-2)28(42)38-24-12-8-10-22(18-24)30(34,35)36/h7-20H,5-6H2,1-4H3,(H,37,41)(H,38,42)/t19-,20+. The van der Waals surface area contributed by atoms with Gasteiger partial charge in [-0.05, 0) is 87.4 Å². The number of nitrogens with one attached hydrogen (secondary N) is 2. The Kier molecular flexibility index (Phi) is 10.1. The first-order chi connectivity index (χ1) is 19.6. The van der Waals surface area contributed by atoms with Crippen molar-refractivity contribution < 1.29 is 35.9 Å². The fourth-order valence-electron chi connectivity index (χ4n) is 4.20. The summed E-state index contributed by atoms with van der Waals surface area (Å²) in [7, 11) is 0. The lowest BCUT2D eigenvalue weighted by atomic mass is 10.1. The molecule has 3 aromatic rings. The number of carbonyl (C=O) groups excluding carboxylic acids is 2. The van der Waals surface area contributed by atoms with Gasteiger partial charge in [0, 0.05) is 34.8 Å². The Hall–Kier alpha value is -4.22. The summed E-state index contributed by atoms with van der Waals surface area (Å²) in [6.45, 7) is 7.28. The van der Waals surface area contributed by atoms with E-state index in [4.69, 9.17) is 0 Å². The maximum absolute atomic E-state index is 13.2. The number of nitrogens with zero attached hydrogens (tertiary/aromatic N) is 2. The topological polar surface area (TPSA) is 64.7 Å². The molecule has 0 heterocycles. The van der Waals surface area contributed by atoms with E-state index in [-0.39, 0.29) is 23.5 Å².